The van der Waals surface area contributed by atoms with E-state index in [1.807, 2.05) is 6.92 Å². The van der Waals surface area contributed by atoms with Gasteiger partial charge in [-0.05, 0) is 43.9 Å². The van der Waals surface area contributed by atoms with Gasteiger partial charge in [-0.2, -0.15) is 0 Å². The summed E-state index contributed by atoms with van der Waals surface area (Å²) < 4.78 is -0.393. The van der Waals surface area contributed by atoms with Crippen molar-refractivity contribution in [1.29, 1.82) is 0 Å². The van der Waals surface area contributed by atoms with Gasteiger partial charge in [0.1, 0.15) is 4.75 Å². The van der Waals surface area contributed by atoms with Gasteiger partial charge in [-0.3, -0.25) is 9.79 Å². The molecule has 1 aliphatic heterocycles. The van der Waals surface area contributed by atoms with Crippen molar-refractivity contribution >= 4 is 22.8 Å². The Morgan fingerprint density at radius 3 is 2.58 bits per heavy atom. The van der Waals surface area contributed by atoms with Crippen LogP contribution in [0.25, 0.3) is 0 Å². The summed E-state index contributed by atoms with van der Waals surface area (Å²) >= 11 is 1.57. The molecule has 106 valence electrons. The smallest absolute Gasteiger partial charge is 0.242 e. The fraction of sp³-hybridized carbons (Fsp3) is 0.857. The largest absolute Gasteiger partial charge is 0.393 e. The van der Waals surface area contributed by atoms with Gasteiger partial charge in [-0.25, -0.2) is 0 Å². The first kappa shape index (κ1) is 13.4. The monoisotopic (exact) mass is 282 g/mol. The Kier molecular flexibility index (Phi) is 3.17. The normalized spacial score (nSPS) is 47.4. The van der Waals surface area contributed by atoms with E-state index in [9.17, 15) is 9.90 Å². The van der Waals surface area contributed by atoms with E-state index in [1.165, 1.54) is 0 Å². The lowest BCUT2D eigenvalue weighted by atomic mass is 9.94. The van der Waals surface area contributed by atoms with Crippen LogP contribution in [0.15, 0.2) is 4.99 Å². The number of fused-ring (bicyclic) bond motifs is 2. The van der Waals surface area contributed by atoms with Crippen molar-refractivity contribution in [3.63, 3.8) is 0 Å². The fourth-order valence-corrected chi connectivity index (χ4v) is 4.57. The predicted molar refractivity (Wildman–Crippen MR) is 77.0 cm³/mol. The third-order valence-electron chi connectivity index (χ3n) is 5.15. The van der Waals surface area contributed by atoms with E-state index >= 15 is 0 Å². The Morgan fingerprint density at radius 2 is 2.11 bits per heavy atom. The van der Waals surface area contributed by atoms with Crippen molar-refractivity contribution in [2.75, 3.05) is 0 Å². The highest BCUT2D eigenvalue weighted by Gasteiger charge is 2.48. The molecule has 3 fully saturated rings. The molecule has 2 saturated carbocycles. The standard InChI is InChI=1S/C14H22N2O2S/c1-7(2)14(3)12(18)16-13(19-14)15-10-5-9-4-8(10)6-11(9)17/h7-11,17H,4-6H2,1-3H3,(H,15,16,18)/t8-,9-,10-,11?,14?/m1/s1. The number of aliphatic hydroxyl groups excluding tert-OH is 1. The first-order valence-electron chi connectivity index (χ1n) is 7.16. The molecule has 0 aromatic rings. The second-order valence-corrected chi connectivity index (χ2v) is 8.05. The highest BCUT2D eigenvalue weighted by Crippen LogP contribution is 2.47. The number of nitrogens with zero attached hydrogens (tertiary/aromatic N) is 1. The van der Waals surface area contributed by atoms with Crippen LogP contribution in [-0.2, 0) is 4.79 Å². The van der Waals surface area contributed by atoms with Gasteiger partial charge in [-0.15, -0.1) is 0 Å². The van der Waals surface area contributed by atoms with E-state index in [0.717, 1.165) is 24.4 Å². The van der Waals surface area contributed by atoms with Gasteiger partial charge in [0.2, 0.25) is 5.91 Å². The molecule has 1 heterocycles. The molecule has 0 aromatic carbocycles. The number of aliphatic imine (C=N–C) groups is 1. The molecule has 0 spiro atoms. The van der Waals surface area contributed by atoms with Gasteiger partial charge < -0.3 is 10.4 Å². The van der Waals surface area contributed by atoms with Gasteiger partial charge in [0.05, 0.1) is 12.1 Å². The lowest BCUT2D eigenvalue weighted by Crippen LogP contribution is -2.38. The summed E-state index contributed by atoms with van der Waals surface area (Å²) in [5.74, 6) is 1.30. The van der Waals surface area contributed by atoms with Crippen LogP contribution in [0.4, 0.5) is 0 Å². The number of amidine groups is 1. The van der Waals surface area contributed by atoms with Gasteiger partial charge in [0, 0.05) is 0 Å². The number of hydrogen-bond acceptors (Lipinski definition) is 4. The average molecular weight is 282 g/mol. The maximum atomic E-state index is 12.1. The number of rotatable bonds is 2. The van der Waals surface area contributed by atoms with Crippen molar-refractivity contribution < 1.29 is 9.90 Å². The molecule has 19 heavy (non-hydrogen) atoms. The fourth-order valence-electron chi connectivity index (χ4n) is 3.46. The molecular formula is C14H22N2O2S. The van der Waals surface area contributed by atoms with E-state index in [2.05, 4.69) is 19.2 Å². The number of carbonyl (C=O) groups excluding carboxylic acids is 1. The maximum Gasteiger partial charge on any atom is 0.242 e. The van der Waals surface area contributed by atoms with E-state index in [1.54, 1.807) is 11.8 Å². The SMILES string of the molecule is CC(C)C1(C)SC(=N[C@@H]2C[C@H]3C[C@@H]2CC3O)NC1=O. The summed E-state index contributed by atoms with van der Waals surface area (Å²) in [6.07, 6.45) is 2.84. The topological polar surface area (TPSA) is 61.7 Å². The summed E-state index contributed by atoms with van der Waals surface area (Å²) in [5.41, 5.74) is 0. The van der Waals surface area contributed by atoms with E-state index < -0.39 is 4.75 Å². The van der Waals surface area contributed by atoms with Crippen LogP contribution >= 0.6 is 11.8 Å². The molecule has 1 saturated heterocycles. The van der Waals surface area contributed by atoms with E-state index in [4.69, 9.17) is 4.99 Å². The molecular weight excluding hydrogens is 260 g/mol. The molecule has 2 N–H and O–H groups in total. The van der Waals surface area contributed by atoms with Crippen molar-refractivity contribution in [2.45, 2.75) is 56.9 Å². The molecule has 0 aromatic heterocycles. The highest BCUT2D eigenvalue weighted by molar-refractivity contribution is 8.16. The average Bonchev–Trinajstić information content (AvgIpc) is 2.94. The zero-order valence-electron chi connectivity index (χ0n) is 11.7. The van der Waals surface area contributed by atoms with Crippen LogP contribution in [0.1, 0.15) is 40.0 Å². The number of thioether (sulfide) groups is 1. The number of carbonyl (C=O) groups is 1. The van der Waals surface area contributed by atoms with Gasteiger partial charge >= 0.3 is 0 Å². The molecule has 2 bridgehead atoms. The van der Waals surface area contributed by atoms with Crippen molar-refractivity contribution in [3.05, 3.63) is 0 Å². The number of hydrogen-bond donors (Lipinski definition) is 2. The van der Waals surface area contributed by atoms with Gasteiger partial charge in [-0.1, -0.05) is 25.6 Å². The highest BCUT2D eigenvalue weighted by atomic mass is 32.2. The zero-order valence-corrected chi connectivity index (χ0v) is 12.5. The third kappa shape index (κ3) is 2.11. The Balaban J connectivity index is 1.72. The minimum absolute atomic E-state index is 0.0782. The van der Waals surface area contributed by atoms with Crippen molar-refractivity contribution in [2.24, 2.45) is 22.7 Å². The Labute approximate surface area is 118 Å². The second-order valence-electron chi connectivity index (χ2n) is 6.61. The lowest BCUT2D eigenvalue weighted by molar-refractivity contribution is -0.122. The first-order chi connectivity index (χ1) is 8.90. The summed E-state index contributed by atoms with van der Waals surface area (Å²) in [6.45, 7) is 6.14. The number of aliphatic hydroxyl groups is 1. The van der Waals surface area contributed by atoms with Gasteiger partial charge in [0.25, 0.3) is 0 Å². The van der Waals surface area contributed by atoms with Crippen molar-refractivity contribution in [1.82, 2.24) is 5.32 Å². The minimum atomic E-state index is -0.393. The number of amides is 1. The molecule has 5 atom stereocenters. The predicted octanol–water partition coefficient (Wildman–Crippen LogP) is 1.78. The van der Waals surface area contributed by atoms with E-state index in [-0.39, 0.29) is 17.9 Å². The summed E-state index contributed by atoms with van der Waals surface area (Å²) in [5, 5.41) is 13.5. The van der Waals surface area contributed by atoms with E-state index in [0.29, 0.717) is 17.9 Å². The molecule has 3 rings (SSSR count). The molecule has 2 aliphatic carbocycles. The molecule has 5 heteroatoms. The summed E-state index contributed by atoms with van der Waals surface area (Å²) in [4.78, 5) is 16.8. The quantitative estimate of drug-likeness (QED) is 0.811. The lowest BCUT2D eigenvalue weighted by Gasteiger charge is -2.23. The molecule has 4 nitrogen and oxygen atoms in total. The Bertz CT molecular complexity index is 435. The van der Waals surface area contributed by atoms with Crippen molar-refractivity contribution in [3.8, 4) is 0 Å². The van der Waals surface area contributed by atoms with Crippen LogP contribution in [0.2, 0.25) is 0 Å². The van der Waals surface area contributed by atoms with Crippen LogP contribution in [0.3, 0.4) is 0 Å². The molecule has 3 aliphatic rings. The summed E-state index contributed by atoms with van der Waals surface area (Å²) in [6, 6.07) is 0.297. The van der Waals surface area contributed by atoms with Gasteiger partial charge in [0.15, 0.2) is 5.17 Å². The molecule has 1 amide bonds. The Morgan fingerprint density at radius 1 is 1.37 bits per heavy atom. The minimum Gasteiger partial charge on any atom is -0.393 e. The van der Waals surface area contributed by atoms with Crippen LogP contribution in [0, 0.1) is 17.8 Å². The zero-order chi connectivity index (χ0) is 13.8. The molecule has 2 unspecified atom stereocenters. The van der Waals surface area contributed by atoms with Crippen LogP contribution in [-0.4, -0.2) is 33.1 Å². The first-order valence-corrected chi connectivity index (χ1v) is 7.98. The maximum absolute atomic E-state index is 12.1. The number of nitrogens with one attached hydrogen (secondary N) is 1. The van der Waals surface area contributed by atoms with Crippen LogP contribution in [0.5, 0.6) is 0 Å². The summed E-state index contributed by atoms with van der Waals surface area (Å²) in [7, 11) is 0. The molecule has 0 radical (unpaired) electrons. The second kappa shape index (κ2) is 4.48. The van der Waals surface area contributed by atoms with Crippen LogP contribution < -0.4 is 5.32 Å². The Hall–Kier alpha value is -0.550. The third-order valence-corrected chi connectivity index (χ3v) is 6.63.